The van der Waals surface area contributed by atoms with Crippen molar-refractivity contribution in [2.75, 3.05) is 19.6 Å². The van der Waals surface area contributed by atoms with Crippen LogP contribution in [0.15, 0.2) is 0 Å². The first-order valence-corrected chi connectivity index (χ1v) is 6.95. The average Bonchev–Trinajstić information content (AvgIpc) is 2.67. The Balaban J connectivity index is 1.81. The molecule has 0 amide bonds. The molecule has 2 heterocycles. The van der Waals surface area contributed by atoms with Gasteiger partial charge in [0.05, 0.1) is 6.10 Å². The summed E-state index contributed by atoms with van der Waals surface area (Å²) in [7, 11) is 0. The second-order valence-corrected chi connectivity index (χ2v) is 5.43. The molecule has 0 aromatic heterocycles. The topological polar surface area (TPSA) is 35.5 Å². The zero-order chi connectivity index (χ0) is 11.4. The van der Waals surface area contributed by atoms with Crippen molar-refractivity contribution >= 4 is 0 Å². The van der Waals surface area contributed by atoms with Crippen molar-refractivity contribution in [3.8, 4) is 0 Å². The summed E-state index contributed by atoms with van der Waals surface area (Å²) < 4.78 is 0. The smallest absolute Gasteiger partial charge is 0.0680 e. The molecule has 16 heavy (non-hydrogen) atoms. The Hall–Kier alpha value is -0.120. The number of piperidine rings is 1. The zero-order valence-electron chi connectivity index (χ0n) is 10.5. The molecule has 0 saturated carbocycles. The van der Waals surface area contributed by atoms with Crippen LogP contribution in [0.4, 0.5) is 0 Å². The first-order chi connectivity index (χ1) is 7.79. The average molecular weight is 226 g/mol. The second-order valence-electron chi connectivity index (χ2n) is 5.43. The fraction of sp³-hybridized carbons (Fsp3) is 1.00. The first-order valence-electron chi connectivity index (χ1n) is 6.95. The van der Waals surface area contributed by atoms with E-state index < -0.39 is 0 Å². The van der Waals surface area contributed by atoms with E-state index in [0.29, 0.717) is 6.04 Å². The van der Waals surface area contributed by atoms with Gasteiger partial charge in [0.1, 0.15) is 0 Å². The van der Waals surface area contributed by atoms with E-state index in [1.807, 2.05) is 0 Å². The van der Waals surface area contributed by atoms with Crippen molar-refractivity contribution < 1.29 is 5.11 Å². The fourth-order valence-corrected chi connectivity index (χ4v) is 3.18. The van der Waals surface area contributed by atoms with Crippen LogP contribution in [-0.4, -0.2) is 47.8 Å². The Kier molecular flexibility index (Phi) is 4.62. The highest BCUT2D eigenvalue weighted by Crippen LogP contribution is 2.22. The van der Waals surface area contributed by atoms with Gasteiger partial charge in [-0.05, 0) is 32.2 Å². The van der Waals surface area contributed by atoms with Gasteiger partial charge >= 0.3 is 0 Å². The minimum Gasteiger partial charge on any atom is -0.392 e. The van der Waals surface area contributed by atoms with Crippen LogP contribution in [0.25, 0.3) is 0 Å². The lowest BCUT2D eigenvalue weighted by atomic mass is 9.97. The summed E-state index contributed by atoms with van der Waals surface area (Å²) in [4.78, 5) is 2.66. The third-order valence-corrected chi connectivity index (χ3v) is 4.02. The lowest BCUT2D eigenvalue weighted by molar-refractivity contribution is 0.124. The molecule has 3 atom stereocenters. The van der Waals surface area contributed by atoms with Gasteiger partial charge in [-0.1, -0.05) is 19.8 Å². The van der Waals surface area contributed by atoms with E-state index in [0.717, 1.165) is 25.6 Å². The summed E-state index contributed by atoms with van der Waals surface area (Å²) >= 11 is 0. The van der Waals surface area contributed by atoms with Gasteiger partial charge in [0, 0.05) is 25.2 Å². The van der Waals surface area contributed by atoms with Crippen LogP contribution in [0.2, 0.25) is 0 Å². The summed E-state index contributed by atoms with van der Waals surface area (Å²) in [6.45, 7) is 5.47. The Bertz CT molecular complexity index is 208. The van der Waals surface area contributed by atoms with Crippen LogP contribution in [0, 0.1) is 0 Å². The van der Waals surface area contributed by atoms with Crippen LogP contribution < -0.4 is 5.32 Å². The fourth-order valence-electron chi connectivity index (χ4n) is 3.18. The van der Waals surface area contributed by atoms with Crippen molar-refractivity contribution in [2.45, 2.75) is 63.6 Å². The van der Waals surface area contributed by atoms with Gasteiger partial charge in [-0.25, -0.2) is 0 Å². The van der Waals surface area contributed by atoms with Gasteiger partial charge < -0.3 is 10.4 Å². The summed E-state index contributed by atoms with van der Waals surface area (Å²) in [5.74, 6) is 0. The molecule has 0 aromatic rings. The molecule has 2 aliphatic rings. The van der Waals surface area contributed by atoms with Crippen LogP contribution in [0.1, 0.15) is 45.4 Å². The van der Waals surface area contributed by atoms with E-state index in [-0.39, 0.29) is 6.10 Å². The maximum absolute atomic E-state index is 9.52. The number of hydrogen-bond acceptors (Lipinski definition) is 3. The highest BCUT2D eigenvalue weighted by molar-refractivity contribution is 4.86. The number of hydrogen-bond donors (Lipinski definition) is 2. The van der Waals surface area contributed by atoms with Gasteiger partial charge in [0.25, 0.3) is 0 Å². The van der Waals surface area contributed by atoms with Crippen LogP contribution >= 0.6 is 0 Å². The monoisotopic (exact) mass is 226 g/mol. The van der Waals surface area contributed by atoms with Crippen LogP contribution in [0.3, 0.4) is 0 Å². The molecule has 0 spiro atoms. The molecule has 2 fully saturated rings. The van der Waals surface area contributed by atoms with Crippen molar-refractivity contribution in [1.29, 1.82) is 0 Å². The lowest BCUT2D eigenvalue weighted by Crippen LogP contribution is -2.45. The minimum absolute atomic E-state index is 0.112. The van der Waals surface area contributed by atoms with Gasteiger partial charge in [-0.3, -0.25) is 4.90 Å². The molecular weight excluding hydrogens is 200 g/mol. The number of β-amino-alcohol motifs (C(OH)–C–C–N with tert-alkyl or cyclic N) is 1. The molecule has 0 bridgehead atoms. The highest BCUT2D eigenvalue weighted by atomic mass is 16.3. The number of aliphatic hydroxyl groups is 1. The second kappa shape index (κ2) is 5.99. The summed E-state index contributed by atoms with van der Waals surface area (Å²) in [5, 5.41) is 12.9. The first kappa shape index (κ1) is 12.3. The van der Waals surface area contributed by atoms with Crippen molar-refractivity contribution in [3.05, 3.63) is 0 Å². The third-order valence-electron chi connectivity index (χ3n) is 4.02. The van der Waals surface area contributed by atoms with Crippen molar-refractivity contribution in [1.82, 2.24) is 10.2 Å². The van der Waals surface area contributed by atoms with E-state index in [2.05, 4.69) is 17.1 Å². The SMILES string of the molecule is CCCC1CCCCN1CC1CC(O)CN1. The summed E-state index contributed by atoms with van der Waals surface area (Å²) in [6.07, 6.45) is 7.60. The molecule has 0 aromatic carbocycles. The van der Waals surface area contributed by atoms with Gasteiger partial charge in [-0.2, -0.15) is 0 Å². The largest absolute Gasteiger partial charge is 0.392 e. The molecule has 94 valence electrons. The Morgan fingerprint density at radius 2 is 2.25 bits per heavy atom. The highest BCUT2D eigenvalue weighted by Gasteiger charge is 2.28. The molecule has 3 unspecified atom stereocenters. The molecule has 3 heteroatoms. The minimum atomic E-state index is -0.112. The van der Waals surface area contributed by atoms with Gasteiger partial charge in [0.15, 0.2) is 0 Å². The predicted molar refractivity (Wildman–Crippen MR) is 66.5 cm³/mol. The molecular formula is C13H26N2O. The Labute approximate surface area is 99.2 Å². The predicted octanol–water partition coefficient (Wildman–Crippen LogP) is 1.36. The van der Waals surface area contributed by atoms with E-state index in [9.17, 15) is 5.11 Å². The molecule has 3 nitrogen and oxygen atoms in total. The standard InChI is InChI=1S/C13H26N2O/c1-2-5-12-6-3-4-7-15(12)10-11-8-13(16)9-14-11/h11-14,16H,2-10H2,1H3. The van der Waals surface area contributed by atoms with E-state index in [4.69, 9.17) is 0 Å². The van der Waals surface area contributed by atoms with Gasteiger partial charge in [0.2, 0.25) is 0 Å². The molecule has 2 N–H and O–H groups in total. The van der Waals surface area contributed by atoms with Crippen LogP contribution in [-0.2, 0) is 0 Å². The number of likely N-dealkylation sites (tertiary alicyclic amines) is 1. The summed E-state index contributed by atoms with van der Waals surface area (Å²) in [5.41, 5.74) is 0. The maximum Gasteiger partial charge on any atom is 0.0680 e. The third kappa shape index (κ3) is 3.19. The number of rotatable bonds is 4. The lowest BCUT2D eigenvalue weighted by Gasteiger charge is -2.37. The molecule has 2 saturated heterocycles. The summed E-state index contributed by atoms with van der Waals surface area (Å²) in [6, 6.07) is 1.32. The van der Waals surface area contributed by atoms with Crippen LogP contribution in [0.5, 0.6) is 0 Å². The zero-order valence-corrected chi connectivity index (χ0v) is 10.5. The number of nitrogens with one attached hydrogen (secondary N) is 1. The normalized spacial score (nSPS) is 36.8. The molecule has 0 radical (unpaired) electrons. The van der Waals surface area contributed by atoms with E-state index >= 15 is 0 Å². The molecule has 2 rings (SSSR count). The number of aliphatic hydroxyl groups excluding tert-OH is 1. The van der Waals surface area contributed by atoms with Crippen molar-refractivity contribution in [3.63, 3.8) is 0 Å². The van der Waals surface area contributed by atoms with E-state index in [1.54, 1.807) is 0 Å². The maximum atomic E-state index is 9.52. The van der Waals surface area contributed by atoms with E-state index in [1.165, 1.54) is 38.6 Å². The van der Waals surface area contributed by atoms with Crippen molar-refractivity contribution in [2.24, 2.45) is 0 Å². The Morgan fingerprint density at radius 3 is 2.94 bits per heavy atom. The molecule has 2 aliphatic heterocycles. The Morgan fingerprint density at radius 1 is 1.38 bits per heavy atom. The molecule has 0 aliphatic carbocycles. The van der Waals surface area contributed by atoms with Gasteiger partial charge in [-0.15, -0.1) is 0 Å². The number of nitrogens with zero attached hydrogens (tertiary/aromatic N) is 1. The quantitative estimate of drug-likeness (QED) is 0.760.